The number of benzene rings is 1. The van der Waals surface area contributed by atoms with Crippen molar-refractivity contribution in [2.45, 2.75) is 140 Å². The summed E-state index contributed by atoms with van der Waals surface area (Å²) in [7, 11) is -2.26. The van der Waals surface area contributed by atoms with Gasteiger partial charge in [0, 0.05) is 18.4 Å². The molecule has 1 aliphatic heterocycles. The lowest BCUT2D eigenvalue weighted by molar-refractivity contribution is -0.141. The van der Waals surface area contributed by atoms with Crippen LogP contribution in [0, 0.1) is 17.8 Å². The lowest BCUT2D eigenvalue weighted by Gasteiger charge is -2.34. The van der Waals surface area contributed by atoms with E-state index in [0.29, 0.717) is 60.0 Å². The molecule has 1 aromatic heterocycles. The number of carbonyl (C=O) groups is 4. The molecule has 0 radical (unpaired) electrons. The Bertz CT molecular complexity index is 1970. The van der Waals surface area contributed by atoms with Gasteiger partial charge in [0.25, 0.3) is 5.91 Å². The molecule has 0 spiro atoms. The number of hydrogen-bond donors (Lipinski definition) is 3. The fraction of sp³-hybridized carbons (Fsp3) is 0.667. The van der Waals surface area contributed by atoms with Gasteiger partial charge in [0.05, 0.1) is 36.5 Å². The van der Waals surface area contributed by atoms with Crippen LogP contribution in [-0.2, 0) is 29.1 Å². The van der Waals surface area contributed by atoms with E-state index in [1.54, 1.807) is 33.9 Å². The Balaban J connectivity index is 1.26. The molecule has 3 aliphatic carbocycles. The summed E-state index contributed by atoms with van der Waals surface area (Å²) in [5, 5.41) is 4.81. The van der Waals surface area contributed by atoms with Crippen molar-refractivity contribution in [3.05, 3.63) is 36.0 Å². The Labute approximate surface area is 341 Å². The summed E-state index contributed by atoms with van der Waals surface area (Å²) in [4.78, 5) is 66.1. The SMILES string of the molecule is CCC(CC(C)CCC=CC1CC1)C(NC(=O)OC(C)(C)C)C(=O)N1CC(Oc2nc3cc(OC)ccc3nc2C2CC2)CC1C(=O)NCC(=O)NS(=O)(=O)C1CC1. The van der Waals surface area contributed by atoms with Crippen molar-refractivity contribution in [1.82, 2.24) is 30.2 Å². The number of hydrogen-bond acceptors (Lipinski definition) is 11. The zero-order valence-corrected chi connectivity index (χ0v) is 35.4. The third kappa shape index (κ3) is 11.8. The minimum absolute atomic E-state index is 0.0223. The maximum atomic E-state index is 14.9. The number of fused-ring (bicyclic) bond motifs is 1. The molecule has 5 unspecified atom stereocenters. The fourth-order valence-corrected chi connectivity index (χ4v) is 8.78. The molecule has 4 amide bonds. The van der Waals surface area contributed by atoms with E-state index in [0.717, 1.165) is 25.7 Å². The van der Waals surface area contributed by atoms with E-state index in [1.165, 1.54) is 17.7 Å². The average Bonchev–Trinajstić information content (AvgIpc) is 4.01. The quantitative estimate of drug-likeness (QED) is 0.156. The lowest BCUT2D eigenvalue weighted by atomic mass is 9.85. The van der Waals surface area contributed by atoms with E-state index in [4.69, 9.17) is 24.2 Å². The van der Waals surface area contributed by atoms with Crippen molar-refractivity contribution >= 4 is 44.9 Å². The molecule has 0 bridgehead atoms. The number of nitrogens with one attached hydrogen (secondary N) is 3. The molecular formula is C42H60N6O9S. The summed E-state index contributed by atoms with van der Waals surface area (Å²) in [6.07, 6.45) is 11.4. The number of methoxy groups -OCH3 is 1. The van der Waals surface area contributed by atoms with Crippen molar-refractivity contribution in [2.75, 3.05) is 20.2 Å². The van der Waals surface area contributed by atoms with Gasteiger partial charge >= 0.3 is 6.09 Å². The molecule has 16 heteroatoms. The average molecular weight is 825 g/mol. The number of likely N-dealkylation sites (tertiary alicyclic amines) is 1. The highest BCUT2D eigenvalue weighted by molar-refractivity contribution is 7.90. The van der Waals surface area contributed by atoms with Crippen molar-refractivity contribution < 1.29 is 41.8 Å². The molecular weight excluding hydrogens is 765 g/mol. The van der Waals surface area contributed by atoms with E-state index >= 15 is 0 Å². The van der Waals surface area contributed by atoms with Gasteiger partial charge in [-0.3, -0.25) is 19.1 Å². The molecule has 5 atom stereocenters. The van der Waals surface area contributed by atoms with E-state index < -0.39 is 69.4 Å². The van der Waals surface area contributed by atoms with Crippen molar-refractivity contribution in [1.29, 1.82) is 0 Å². The van der Waals surface area contributed by atoms with E-state index in [-0.39, 0.29) is 30.7 Å². The summed E-state index contributed by atoms with van der Waals surface area (Å²) >= 11 is 0. The maximum absolute atomic E-state index is 14.9. The highest BCUT2D eigenvalue weighted by Gasteiger charge is 2.46. The predicted molar refractivity (Wildman–Crippen MR) is 218 cm³/mol. The molecule has 4 fully saturated rings. The van der Waals surface area contributed by atoms with Gasteiger partial charge in [-0.15, -0.1) is 0 Å². The second kappa shape index (κ2) is 18.2. The number of aromatic nitrogens is 2. The van der Waals surface area contributed by atoms with Crippen LogP contribution in [0.15, 0.2) is 30.4 Å². The van der Waals surface area contributed by atoms with Crippen LogP contribution in [0.5, 0.6) is 11.6 Å². The van der Waals surface area contributed by atoms with Gasteiger partial charge in [-0.1, -0.05) is 32.4 Å². The van der Waals surface area contributed by atoms with Crippen LogP contribution >= 0.6 is 0 Å². The Morgan fingerprint density at radius 3 is 2.41 bits per heavy atom. The number of nitrogens with zero attached hydrogens (tertiary/aromatic N) is 3. The van der Waals surface area contributed by atoms with Crippen LogP contribution < -0.4 is 24.8 Å². The number of alkyl carbamates (subject to hydrolysis) is 1. The van der Waals surface area contributed by atoms with Gasteiger partial charge in [-0.25, -0.2) is 23.2 Å². The molecule has 3 saturated carbocycles. The topological polar surface area (TPSA) is 195 Å². The zero-order valence-electron chi connectivity index (χ0n) is 34.6. The summed E-state index contributed by atoms with van der Waals surface area (Å²) in [5.74, 6) is -0.314. The summed E-state index contributed by atoms with van der Waals surface area (Å²) in [6.45, 7) is 8.72. The first-order chi connectivity index (χ1) is 27.5. The molecule has 6 rings (SSSR count). The number of allylic oxidation sites excluding steroid dienone is 2. The summed E-state index contributed by atoms with van der Waals surface area (Å²) in [6, 6.07) is 3.27. The first-order valence-electron chi connectivity index (χ1n) is 20.8. The molecule has 1 saturated heterocycles. The molecule has 15 nitrogen and oxygen atoms in total. The van der Waals surface area contributed by atoms with Crippen molar-refractivity contribution in [3.8, 4) is 11.6 Å². The van der Waals surface area contributed by atoms with Crippen LogP contribution in [0.1, 0.15) is 117 Å². The smallest absolute Gasteiger partial charge is 0.408 e. The molecule has 2 heterocycles. The third-order valence-electron chi connectivity index (χ3n) is 11.1. The van der Waals surface area contributed by atoms with Crippen LogP contribution in [-0.4, -0.2) is 96.3 Å². The van der Waals surface area contributed by atoms with Crippen LogP contribution in [0.25, 0.3) is 11.0 Å². The van der Waals surface area contributed by atoms with Crippen LogP contribution in [0.4, 0.5) is 4.79 Å². The standard InChI is InChI=1S/C42H60N6O9S/c1-7-27(20-25(2)10-8-9-11-26-12-13-26)37(46-41(52)57-42(3,4)5)40(51)48-24-30(22-34(48)38(50)43-23-35(49)47-58(53,54)31-17-18-31)56-39-36(28-14-15-28)44-32-19-16-29(55-6)21-33(32)45-39/h9,11,16,19,21,25-28,30-31,34,37H,7-8,10,12-15,17-18,20,22-24H2,1-6H3,(H,43,50)(H,46,52)(H,47,49). The summed E-state index contributed by atoms with van der Waals surface area (Å²) < 4.78 is 44.4. The molecule has 2 aromatic rings. The first-order valence-corrected chi connectivity index (χ1v) is 22.4. The van der Waals surface area contributed by atoms with Gasteiger partial charge in [-0.05, 0) is 108 Å². The largest absolute Gasteiger partial charge is 0.497 e. The van der Waals surface area contributed by atoms with Gasteiger partial charge in [-0.2, -0.15) is 0 Å². The highest BCUT2D eigenvalue weighted by atomic mass is 32.2. The molecule has 58 heavy (non-hydrogen) atoms. The second-order valence-electron chi connectivity index (χ2n) is 17.5. The summed E-state index contributed by atoms with van der Waals surface area (Å²) in [5.41, 5.74) is 1.13. The van der Waals surface area contributed by atoms with Gasteiger partial charge in [0.1, 0.15) is 35.2 Å². The molecule has 3 N–H and O–H groups in total. The number of amides is 4. The minimum atomic E-state index is -3.83. The maximum Gasteiger partial charge on any atom is 0.408 e. The number of ether oxygens (including phenoxy) is 3. The Morgan fingerprint density at radius 1 is 1.03 bits per heavy atom. The minimum Gasteiger partial charge on any atom is -0.497 e. The number of rotatable bonds is 19. The van der Waals surface area contributed by atoms with E-state index in [9.17, 15) is 27.6 Å². The first kappa shape index (κ1) is 43.1. The number of sulfonamides is 1. The monoisotopic (exact) mass is 824 g/mol. The van der Waals surface area contributed by atoms with Gasteiger partial charge in [0.15, 0.2) is 0 Å². The number of carbonyl (C=O) groups excluding carboxylic acids is 4. The highest BCUT2D eigenvalue weighted by Crippen LogP contribution is 2.44. The predicted octanol–water partition coefficient (Wildman–Crippen LogP) is 5.28. The fourth-order valence-electron chi connectivity index (χ4n) is 7.47. The van der Waals surface area contributed by atoms with Crippen molar-refractivity contribution in [3.63, 3.8) is 0 Å². The zero-order chi connectivity index (χ0) is 41.8. The van der Waals surface area contributed by atoms with E-state index in [2.05, 4.69) is 29.7 Å². The van der Waals surface area contributed by atoms with E-state index in [1.807, 2.05) is 23.8 Å². The third-order valence-corrected chi connectivity index (χ3v) is 13.0. The molecule has 318 valence electrons. The van der Waals surface area contributed by atoms with Gasteiger partial charge < -0.3 is 29.7 Å². The normalized spacial score (nSPS) is 21.3. The Morgan fingerprint density at radius 2 is 1.78 bits per heavy atom. The molecule has 4 aliphatic rings. The van der Waals surface area contributed by atoms with Crippen LogP contribution in [0.2, 0.25) is 0 Å². The lowest BCUT2D eigenvalue weighted by Crippen LogP contribution is -2.57. The second-order valence-corrected chi connectivity index (χ2v) is 19.4. The van der Waals surface area contributed by atoms with Crippen LogP contribution in [0.3, 0.4) is 0 Å². The Hall–Kier alpha value is -4.47. The van der Waals surface area contributed by atoms with Crippen molar-refractivity contribution in [2.24, 2.45) is 17.8 Å². The Kier molecular flexibility index (Phi) is 13.5. The van der Waals surface area contributed by atoms with Gasteiger partial charge in [0.2, 0.25) is 27.7 Å². The molecule has 1 aromatic carbocycles.